The standard InChI is InChI=1S/C29H31FN6O4/c1-28(10-12-29(2,13-11-28)27(38)39)26-35-22(23-24(31)33-16-34-36(23)26)18-6-4-17(5-7-18)15-32-25(37)20-14-19(30)8-9-21(20)40-3/h4-9,14,16H,10-13,15H2,1-3H3,(H,32,37)(H,38,39)(H2,31,33,34)/t28-,29-. The molecule has 1 amide bonds. The van der Waals surface area contributed by atoms with E-state index >= 15 is 0 Å². The molecule has 1 aliphatic carbocycles. The van der Waals surface area contributed by atoms with Crippen LogP contribution in [0.1, 0.15) is 61.3 Å². The number of fused-ring (bicyclic) bond motifs is 1. The molecule has 0 saturated heterocycles. The summed E-state index contributed by atoms with van der Waals surface area (Å²) >= 11 is 0. The van der Waals surface area contributed by atoms with Crippen molar-refractivity contribution in [2.24, 2.45) is 5.41 Å². The molecule has 1 fully saturated rings. The number of nitrogens with one attached hydrogen (secondary N) is 1. The van der Waals surface area contributed by atoms with Crippen molar-refractivity contribution in [3.05, 3.63) is 71.6 Å². The number of imidazole rings is 1. The number of hydrogen-bond acceptors (Lipinski definition) is 7. The molecule has 0 radical (unpaired) electrons. The van der Waals surface area contributed by atoms with E-state index in [1.54, 1.807) is 11.4 Å². The van der Waals surface area contributed by atoms with Gasteiger partial charge in [0.25, 0.3) is 5.91 Å². The fourth-order valence-electron chi connectivity index (χ4n) is 5.25. The maximum Gasteiger partial charge on any atom is 0.309 e. The average molecular weight is 547 g/mol. The molecule has 4 aromatic rings. The molecule has 208 valence electrons. The summed E-state index contributed by atoms with van der Waals surface area (Å²) in [5, 5.41) is 16.9. The third-order valence-corrected chi connectivity index (χ3v) is 8.06. The smallest absolute Gasteiger partial charge is 0.309 e. The Hall–Kier alpha value is -4.54. The molecule has 10 nitrogen and oxygen atoms in total. The number of aliphatic carboxylic acids is 1. The largest absolute Gasteiger partial charge is 0.496 e. The zero-order chi connectivity index (χ0) is 28.7. The number of nitrogen functional groups attached to an aromatic ring is 1. The summed E-state index contributed by atoms with van der Waals surface area (Å²) in [7, 11) is 1.42. The monoisotopic (exact) mass is 546 g/mol. The average Bonchev–Trinajstić information content (AvgIpc) is 3.35. The lowest BCUT2D eigenvalue weighted by atomic mass is 9.65. The number of methoxy groups -OCH3 is 1. The minimum atomic E-state index is -0.777. The fourth-order valence-corrected chi connectivity index (χ4v) is 5.25. The first kappa shape index (κ1) is 27.0. The molecule has 2 aromatic carbocycles. The van der Waals surface area contributed by atoms with E-state index in [9.17, 15) is 19.1 Å². The van der Waals surface area contributed by atoms with Gasteiger partial charge in [-0.2, -0.15) is 5.10 Å². The Morgan fingerprint density at radius 3 is 2.48 bits per heavy atom. The van der Waals surface area contributed by atoms with Gasteiger partial charge in [-0.15, -0.1) is 0 Å². The van der Waals surface area contributed by atoms with Gasteiger partial charge in [0.15, 0.2) is 5.82 Å². The molecule has 2 heterocycles. The normalized spacial score (nSPS) is 20.8. The first-order valence-electron chi connectivity index (χ1n) is 13.0. The number of ether oxygens (including phenoxy) is 1. The number of carboxylic acids is 1. The zero-order valence-corrected chi connectivity index (χ0v) is 22.6. The van der Waals surface area contributed by atoms with Crippen LogP contribution >= 0.6 is 0 Å². The Balaban J connectivity index is 1.40. The van der Waals surface area contributed by atoms with Crippen LogP contribution in [-0.4, -0.2) is 43.7 Å². The molecule has 0 bridgehead atoms. The van der Waals surface area contributed by atoms with Crippen molar-refractivity contribution in [3.63, 3.8) is 0 Å². The van der Waals surface area contributed by atoms with Gasteiger partial charge in [0.1, 0.15) is 34.9 Å². The molecule has 0 aliphatic heterocycles. The van der Waals surface area contributed by atoms with Gasteiger partial charge in [-0.3, -0.25) is 9.59 Å². The van der Waals surface area contributed by atoms with Crippen molar-refractivity contribution in [1.82, 2.24) is 24.9 Å². The summed E-state index contributed by atoms with van der Waals surface area (Å²) < 4.78 is 20.6. The van der Waals surface area contributed by atoms with Gasteiger partial charge in [-0.1, -0.05) is 31.2 Å². The van der Waals surface area contributed by atoms with E-state index in [2.05, 4.69) is 22.3 Å². The topological polar surface area (TPSA) is 145 Å². The first-order chi connectivity index (χ1) is 19.0. The molecule has 0 spiro atoms. The van der Waals surface area contributed by atoms with Gasteiger partial charge in [-0.25, -0.2) is 18.9 Å². The molecule has 5 rings (SSSR count). The molecule has 40 heavy (non-hydrogen) atoms. The summed E-state index contributed by atoms with van der Waals surface area (Å²) in [6.45, 7) is 4.10. The molecule has 4 N–H and O–H groups in total. The Morgan fingerprint density at radius 2 is 1.82 bits per heavy atom. The van der Waals surface area contributed by atoms with Gasteiger partial charge in [0.05, 0.1) is 18.1 Å². The lowest BCUT2D eigenvalue weighted by molar-refractivity contribution is -0.150. The lowest BCUT2D eigenvalue weighted by Gasteiger charge is -2.39. The summed E-state index contributed by atoms with van der Waals surface area (Å²) in [5.74, 6) is -0.451. The molecular formula is C29H31FN6O4. The number of carbonyl (C=O) groups excluding carboxylic acids is 1. The van der Waals surface area contributed by atoms with E-state index in [4.69, 9.17) is 15.5 Å². The highest BCUT2D eigenvalue weighted by molar-refractivity contribution is 5.97. The highest BCUT2D eigenvalue weighted by Crippen LogP contribution is 2.47. The summed E-state index contributed by atoms with van der Waals surface area (Å²) in [4.78, 5) is 33.6. The van der Waals surface area contributed by atoms with Crippen LogP contribution in [0.2, 0.25) is 0 Å². The van der Waals surface area contributed by atoms with Crippen LogP contribution in [0.4, 0.5) is 10.2 Å². The molecule has 1 saturated carbocycles. The van der Waals surface area contributed by atoms with E-state index in [0.29, 0.717) is 42.7 Å². The van der Waals surface area contributed by atoms with Crippen LogP contribution in [0.3, 0.4) is 0 Å². The lowest BCUT2D eigenvalue weighted by Crippen LogP contribution is -2.39. The van der Waals surface area contributed by atoms with Gasteiger partial charge in [0.2, 0.25) is 0 Å². The van der Waals surface area contributed by atoms with Crippen molar-refractivity contribution < 1.29 is 23.8 Å². The fraction of sp³-hybridized carbons (Fsp3) is 0.345. The minimum absolute atomic E-state index is 0.117. The number of nitrogens with zero attached hydrogens (tertiary/aromatic N) is 4. The van der Waals surface area contributed by atoms with Crippen LogP contribution in [0.15, 0.2) is 48.8 Å². The highest BCUT2D eigenvalue weighted by Gasteiger charge is 2.45. The van der Waals surface area contributed by atoms with Crippen LogP contribution in [-0.2, 0) is 16.8 Å². The number of nitrogens with two attached hydrogens (primary N) is 1. The number of rotatable bonds is 7. The van der Waals surface area contributed by atoms with Crippen molar-refractivity contribution in [3.8, 4) is 17.0 Å². The number of anilines is 1. The molecular weight excluding hydrogens is 515 g/mol. The first-order valence-corrected chi connectivity index (χ1v) is 13.0. The van der Waals surface area contributed by atoms with E-state index in [1.807, 2.05) is 24.3 Å². The quantitative estimate of drug-likeness (QED) is 0.310. The second-order valence-corrected chi connectivity index (χ2v) is 10.8. The molecule has 0 unspecified atom stereocenters. The third-order valence-electron chi connectivity index (χ3n) is 8.06. The number of benzene rings is 2. The van der Waals surface area contributed by atoms with E-state index in [1.165, 1.54) is 25.6 Å². The Morgan fingerprint density at radius 1 is 1.12 bits per heavy atom. The van der Waals surface area contributed by atoms with Gasteiger partial charge in [-0.05, 0) is 56.4 Å². The number of carbonyl (C=O) groups is 2. The Bertz CT molecular complexity index is 1590. The van der Waals surface area contributed by atoms with Gasteiger partial charge < -0.3 is 20.9 Å². The van der Waals surface area contributed by atoms with E-state index in [-0.39, 0.29) is 23.3 Å². The second-order valence-electron chi connectivity index (χ2n) is 10.8. The SMILES string of the molecule is COc1ccc(F)cc1C(=O)NCc1ccc(-c2nc([C@]3(C)CC[C@@](C)(C(=O)O)CC3)n3ncnc(N)c23)cc1. The Kier molecular flexibility index (Phi) is 6.91. The molecule has 1 aliphatic rings. The second kappa shape index (κ2) is 10.2. The van der Waals surface area contributed by atoms with Crippen LogP contribution in [0.5, 0.6) is 5.75 Å². The molecule has 11 heteroatoms. The van der Waals surface area contributed by atoms with Gasteiger partial charge >= 0.3 is 5.97 Å². The van der Waals surface area contributed by atoms with Crippen LogP contribution in [0, 0.1) is 11.2 Å². The number of aromatic nitrogens is 4. The van der Waals surface area contributed by atoms with E-state index < -0.39 is 23.1 Å². The maximum absolute atomic E-state index is 13.7. The van der Waals surface area contributed by atoms with Gasteiger partial charge in [0, 0.05) is 17.5 Å². The van der Waals surface area contributed by atoms with Crippen molar-refractivity contribution in [2.75, 3.05) is 12.8 Å². The predicted octanol–water partition coefficient (Wildman–Crippen LogP) is 4.37. The Labute approximate surface area is 230 Å². The van der Waals surface area contributed by atoms with Crippen molar-refractivity contribution in [1.29, 1.82) is 0 Å². The van der Waals surface area contributed by atoms with E-state index in [0.717, 1.165) is 23.0 Å². The number of hydrogen-bond donors (Lipinski definition) is 3. The number of carboxylic acid groups (broad SMARTS) is 1. The van der Waals surface area contributed by atoms with Crippen molar-refractivity contribution >= 4 is 23.2 Å². The zero-order valence-electron chi connectivity index (χ0n) is 22.6. The number of amides is 1. The number of halogens is 1. The van der Waals surface area contributed by atoms with Crippen molar-refractivity contribution in [2.45, 2.75) is 51.5 Å². The van der Waals surface area contributed by atoms with Crippen LogP contribution < -0.4 is 15.8 Å². The minimum Gasteiger partial charge on any atom is -0.496 e. The summed E-state index contributed by atoms with van der Waals surface area (Å²) in [5.41, 5.74) is 8.09. The summed E-state index contributed by atoms with van der Waals surface area (Å²) in [6, 6.07) is 11.3. The molecule has 0 atom stereocenters. The predicted molar refractivity (Wildman–Crippen MR) is 146 cm³/mol. The maximum atomic E-state index is 13.7. The summed E-state index contributed by atoms with van der Waals surface area (Å²) in [6.07, 6.45) is 3.75. The molecule has 2 aromatic heterocycles. The van der Waals surface area contributed by atoms with Crippen LogP contribution in [0.25, 0.3) is 16.8 Å². The highest BCUT2D eigenvalue weighted by atomic mass is 19.1. The third kappa shape index (κ3) is 4.83.